The minimum absolute atomic E-state index is 0.0656. The van der Waals surface area contributed by atoms with Gasteiger partial charge in [-0.25, -0.2) is 0 Å². The zero-order valence-corrected chi connectivity index (χ0v) is 11.9. The number of nitrogens with zero attached hydrogens (tertiary/aromatic N) is 1. The van der Waals surface area contributed by atoms with Crippen LogP contribution in [0.1, 0.15) is 6.92 Å². The van der Waals surface area contributed by atoms with Gasteiger partial charge in [-0.3, -0.25) is 14.5 Å². The summed E-state index contributed by atoms with van der Waals surface area (Å²) in [6.07, 6.45) is 0. The number of aliphatic carboxylic acids is 1. The first kappa shape index (κ1) is 14.8. The molecule has 0 saturated carbocycles. The highest BCUT2D eigenvalue weighted by molar-refractivity contribution is 6.30. The number of rotatable bonds is 4. The number of likely N-dealkylation sites (tertiary alicyclic amines) is 1. The molecule has 0 radical (unpaired) electrons. The third-order valence-corrected chi connectivity index (χ3v) is 3.75. The van der Waals surface area contributed by atoms with Crippen molar-refractivity contribution < 1.29 is 14.7 Å². The van der Waals surface area contributed by atoms with Gasteiger partial charge in [-0.05, 0) is 30.2 Å². The molecule has 1 aliphatic heterocycles. The molecule has 1 aliphatic rings. The van der Waals surface area contributed by atoms with E-state index in [4.69, 9.17) is 16.7 Å². The summed E-state index contributed by atoms with van der Waals surface area (Å²) in [5.41, 5.74) is 0.682. The monoisotopic (exact) mass is 296 g/mol. The van der Waals surface area contributed by atoms with Crippen molar-refractivity contribution in [2.24, 2.45) is 11.8 Å². The van der Waals surface area contributed by atoms with Crippen molar-refractivity contribution in [2.45, 2.75) is 6.92 Å². The molecule has 1 fully saturated rings. The van der Waals surface area contributed by atoms with Gasteiger partial charge in [0.05, 0.1) is 12.5 Å². The second-order valence-electron chi connectivity index (χ2n) is 5.17. The number of carboxylic acid groups (broad SMARTS) is 1. The molecule has 6 heteroatoms. The van der Waals surface area contributed by atoms with Crippen LogP contribution in [0.25, 0.3) is 0 Å². The Morgan fingerprint density at radius 1 is 1.35 bits per heavy atom. The molecule has 108 valence electrons. The number of carbonyl (C=O) groups excluding carboxylic acids is 1. The Labute approximate surface area is 122 Å². The van der Waals surface area contributed by atoms with Crippen molar-refractivity contribution in [2.75, 3.05) is 25.0 Å². The molecule has 2 atom stereocenters. The number of nitrogens with one attached hydrogen (secondary N) is 1. The number of halogens is 1. The number of hydrogen-bond donors (Lipinski definition) is 2. The lowest BCUT2D eigenvalue weighted by molar-refractivity contribution is -0.142. The average Bonchev–Trinajstić information content (AvgIpc) is 2.73. The third-order valence-electron chi connectivity index (χ3n) is 3.50. The first-order valence-corrected chi connectivity index (χ1v) is 6.84. The number of hydrogen-bond acceptors (Lipinski definition) is 3. The molecule has 0 aromatic heterocycles. The van der Waals surface area contributed by atoms with E-state index in [1.807, 2.05) is 11.8 Å². The first-order chi connectivity index (χ1) is 9.45. The van der Waals surface area contributed by atoms with Gasteiger partial charge in [0.25, 0.3) is 0 Å². The number of carbonyl (C=O) groups is 2. The molecule has 2 unspecified atom stereocenters. The van der Waals surface area contributed by atoms with Gasteiger partial charge >= 0.3 is 5.97 Å². The molecular formula is C14H17ClN2O3. The van der Waals surface area contributed by atoms with E-state index >= 15 is 0 Å². The maximum absolute atomic E-state index is 11.9. The lowest BCUT2D eigenvalue weighted by Gasteiger charge is -2.14. The van der Waals surface area contributed by atoms with E-state index in [9.17, 15) is 9.59 Å². The number of benzene rings is 1. The summed E-state index contributed by atoms with van der Waals surface area (Å²) in [4.78, 5) is 24.8. The minimum Gasteiger partial charge on any atom is -0.481 e. The van der Waals surface area contributed by atoms with E-state index in [-0.39, 0.29) is 18.4 Å². The van der Waals surface area contributed by atoms with Crippen LogP contribution >= 0.6 is 11.6 Å². The van der Waals surface area contributed by atoms with E-state index in [2.05, 4.69) is 5.32 Å². The zero-order chi connectivity index (χ0) is 14.7. The molecule has 0 bridgehead atoms. The SMILES string of the molecule is CC1CN(CC(=O)Nc2ccc(Cl)cc2)CC1C(=O)O. The normalized spacial score (nSPS) is 22.7. The standard InChI is InChI=1S/C14H17ClN2O3/c1-9-6-17(7-12(9)14(19)20)8-13(18)16-11-4-2-10(15)3-5-11/h2-5,9,12H,6-8H2,1H3,(H,16,18)(H,19,20). The number of amides is 1. The van der Waals surface area contributed by atoms with Crippen molar-refractivity contribution in [3.8, 4) is 0 Å². The van der Waals surface area contributed by atoms with E-state index in [1.54, 1.807) is 24.3 Å². The van der Waals surface area contributed by atoms with Crippen LogP contribution in [0.15, 0.2) is 24.3 Å². The fourth-order valence-electron chi connectivity index (χ4n) is 2.45. The van der Waals surface area contributed by atoms with Crippen LogP contribution < -0.4 is 5.32 Å². The second kappa shape index (κ2) is 6.24. The zero-order valence-electron chi connectivity index (χ0n) is 11.2. The van der Waals surface area contributed by atoms with Gasteiger partial charge < -0.3 is 10.4 Å². The summed E-state index contributed by atoms with van der Waals surface area (Å²) in [5.74, 6) is -1.27. The largest absolute Gasteiger partial charge is 0.481 e. The van der Waals surface area contributed by atoms with Crippen molar-refractivity contribution in [3.05, 3.63) is 29.3 Å². The summed E-state index contributed by atoms with van der Waals surface area (Å²) >= 11 is 5.77. The highest BCUT2D eigenvalue weighted by Gasteiger charge is 2.35. The van der Waals surface area contributed by atoms with Crippen molar-refractivity contribution >= 4 is 29.2 Å². The maximum atomic E-state index is 11.9. The second-order valence-corrected chi connectivity index (χ2v) is 5.61. The van der Waals surface area contributed by atoms with E-state index in [1.165, 1.54) is 0 Å². The van der Waals surface area contributed by atoms with E-state index < -0.39 is 11.9 Å². The summed E-state index contributed by atoms with van der Waals surface area (Å²) in [6, 6.07) is 6.87. The topological polar surface area (TPSA) is 69.6 Å². The van der Waals surface area contributed by atoms with Gasteiger partial charge in [0.2, 0.25) is 5.91 Å². The Hall–Kier alpha value is -1.59. The van der Waals surface area contributed by atoms with Crippen LogP contribution in [-0.2, 0) is 9.59 Å². The lowest BCUT2D eigenvalue weighted by Crippen LogP contribution is -2.32. The van der Waals surface area contributed by atoms with Gasteiger partial charge in [0, 0.05) is 23.8 Å². The Kier molecular flexibility index (Phi) is 4.62. The Morgan fingerprint density at radius 2 is 2.00 bits per heavy atom. The minimum atomic E-state index is -0.793. The van der Waals surface area contributed by atoms with Gasteiger partial charge in [-0.15, -0.1) is 0 Å². The molecule has 5 nitrogen and oxygen atoms in total. The fraction of sp³-hybridized carbons (Fsp3) is 0.429. The van der Waals surface area contributed by atoms with Gasteiger partial charge in [0.15, 0.2) is 0 Å². The molecular weight excluding hydrogens is 280 g/mol. The first-order valence-electron chi connectivity index (χ1n) is 6.46. The maximum Gasteiger partial charge on any atom is 0.308 e. The Morgan fingerprint density at radius 3 is 2.55 bits per heavy atom. The van der Waals surface area contributed by atoms with Crippen molar-refractivity contribution in [1.29, 1.82) is 0 Å². The predicted molar refractivity (Wildman–Crippen MR) is 76.8 cm³/mol. The highest BCUT2D eigenvalue weighted by Crippen LogP contribution is 2.23. The lowest BCUT2D eigenvalue weighted by atomic mass is 9.99. The molecule has 1 aromatic rings. The molecule has 0 aliphatic carbocycles. The van der Waals surface area contributed by atoms with Crippen LogP contribution in [0.3, 0.4) is 0 Å². The van der Waals surface area contributed by atoms with Gasteiger partial charge in [-0.1, -0.05) is 18.5 Å². The quantitative estimate of drug-likeness (QED) is 0.891. The Balaban J connectivity index is 1.86. The Bertz CT molecular complexity index is 504. The molecule has 1 aromatic carbocycles. The van der Waals surface area contributed by atoms with E-state index in [0.29, 0.717) is 23.8 Å². The van der Waals surface area contributed by atoms with Crippen LogP contribution in [0, 0.1) is 11.8 Å². The molecule has 1 saturated heterocycles. The van der Waals surface area contributed by atoms with Crippen LogP contribution in [0.5, 0.6) is 0 Å². The van der Waals surface area contributed by atoms with Gasteiger partial charge in [-0.2, -0.15) is 0 Å². The smallest absolute Gasteiger partial charge is 0.308 e. The molecule has 1 heterocycles. The molecule has 2 rings (SSSR count). The summed E-state index contributed by atoms with van der Waals surface area (Å²) < 4.78 is 0. The third kappa shape index (κ3) is 3.71. The average molecular weight is 297 g/mol. The van der Waals surface area contributed by atoms with Crippen molar-refractivity contribution in [3.63, 3.8) is 0 Å². The predicted octanol–water partition coefficient (Wildman–Crippen LogP) is 1.93. The molecule has 0 spiro atoms. The summed E-state index contributed by atoms with van der Waals surface area (Å²) in [6.45, 7) is 3.15. The van der Waals surface area contributed by atoms with Crippen LogP contribution in [0.4, 0.5) is 5.69 Å². The summed E-state index contributed by atoms with van der Waals surface area (Å²) in [7, 11) is 0. The van der Waals surface area contributed by atoms with Gasteiger partial charge in [0.1, 0.15) is 0 Å². The molecule has 20 heavy (non-hydrogen) atoms. The summed E-state index contributed by atoms with van der Waals surface area (Å²) in [5, 5.41) is 12.4. The molecule has 2 N–H and O–H groups in total. The van der Waals surface area contributed by atoms with Crippen LogP contribution in [0.2, 0.25) is 5.02 Å². The fourth-order valence-corrected chi connectivity index (χ4v) is 2.58. The van der Waals surface area contributed by atoms with Crippen molar-refractivity contribution in [1.82, 2.24) is 4.90 Å². The highest BCUT2D eigenvalue weighted by atomic mass is 35.5. The molecule has 1 amide bonds. The number of anilines is 1. The van der Waals surface area contributed by atoms with Crippen LogP contribution in [-0.4, -0.2) is 41.5 Å². The number of carboxylic acids is 1. The van der Waals surface area contributed by atoms with E-state index in [0.717, 1.165) is 0 Å².